The molecule has 1 saturated heterocycles. The van der Waals surface area contributed by atoms with E-state index in [1.165, 1.54) is 7.05 Å². The van der Waals surface area contributed by atoms with Crippen LogP contribution < -0.4 is 32.3 Å². The number of carboxylic acids is 1. The third-order valence-electron chi connectivity index (χ3n) is 10.7. The molecule has 3 heterocycles. The van der Waals surface area contributed by atoms with Crippen molar-refractivity contribution in [3.8, 4) is 0 Å². The van der Waals surface area contributed by atoms with Crippen LogP contribution in [0.25, 0.3) is 11.0 Å². The Kier molecular flexibility index (Phi) is 22.1. The molecule has 6 amide bonds. The van der Waals surface area contributed by atoms with Crippen molar-refractivity contribution >= 4 is 58.3 Å². The van der Waals surface area contributed by atoms with E-state index in [-0.39, 0.29) is 96.1 Å². The van der Waals surface area contributed by atoms with Gasteiger partial charge in [0.1, 0.15) is 18.3 Å². The zero-order valence-electron chi connectivity index (χ0n) is 37.3. The highest BCUT2D eigenvalue weighted by atomic mass is 16.5. The number of pyridine rings is 1. The molecule has 65 heavy (non-hydrogen) atoms. The first kappa shape index (κ1) is 51.5. The minimum Gasteiger partial charge on any atom is -0.481 e. The van der Waals surface area contributed by atoms with Gasteiger partial charge in [0.25, 0.3) is 0 Å². The number of piperidine rings is 1. The summed E-state index contributed by atoms with van der Waals surface area (Å²) in [5.74, 6) is -2.86. The predicted octanol–water partition coefficient (Wildman–Crippen LogP) is 1.09. The number of carbonyl (C=O) groups is 7. The van der Waals surface area contributed by atoms with Gasteiger partial charge in [-0.05, 0) is 75.2 Å². The van der Waals surface area contributed by atoms with Crippen molar-refractivity contribution in [1.82, 2.24) is 40.6 Å². The average Bonchev–Trinajstić information content (AvgIpc) is 3.66. The van der Waals surface area contributed by atoms with Gasteiger partial charge in [0.2, 0.25) is 29.5 Å². The molecular weight excluding hydrogens is 845 g/mol. The Morgan fingerprint density at radius 3 is 2.35 bits per heavy atom. The summed E-state index contributed by atoms with van der Waals surface area (Å²) in [6.45, 7) is 2.74. The van der Waals surface area contributed by atoms with Crippen molar-refractivity contribution in [2.45, 2.75) is 83.1 Å². The molecule has 0 radical (unpaired) electrons. The fraction of sp³-hybridized carbons (Fsp3) is 0.545. The van der Waals surface area contributed by atoms with Crippen LogP contribution in [0.2, 0.25) is 0 Å². The van der Waals surface area contributed by atoms with Crippen LogP contribution in [0.3, 0.4) is 0 Å². The van der Waals surface area contributed by atoms with Crippen molar-refractivity contribution < 1.29 is 52.9 Å². The summed E-state index contributed by atoms with van der Waals surface area (Å²) in [7, 11) is 3.32. The normalized spacial score (nSPS) is 13.2. The maximum absolute atomic E-state index is 13.7. The lowest BCUT2D eigenvalue weighted by atomic mass is 10.0. The summed E-state index contributed by atoms with van der Waals surface area (Å²) in [5.41, 5.74) is 8.69. The molecule has 2 aromatic heterocycles. The maximum atomic E-state index is 13.7. The number of nitrogens with two attached hydrogens (primary N) is 1. The number of hydrogen-bond donors (Lipinski definition) is 7. The van der Waals surface area contributed by atoms with Crippen LogP contribution in [-0.2, 0) is 62.7 Å². The number of anilines is 1. The zero-order valence-corrected chi connectivity index (χ0v) is 37.3. The number of carboxylic acid groups (broad SMARTS) is 1. The maximum Gasteiger partial charge on any atom is 0.407 e. The van der Waals surface area contributed by atoms with E-state index in [4.69, 9.17) is 25.1 Å². The van der Waals surface area contributed by atoms with Gasteiger partial charge in [-0.15, -0.1) is 0 Å². The molecule has 1 aromatic carbocycles. The molecule has 21 nitrogen and oxygen atoms in total. The number of carbonyl (C=O) groups excluding carboxylic acids is 6. The highest BCUT2D eigenvalue weighted by molar-refractivity contribution is 5.98. The van der Waals surface area contributed by atoms with Crippen LogP contribution in [0.15, 0.2) is 48.7 Å². The van der Waals surface area contributed by atoms with Crippen LogP contribution in [0.1, 0.15) is 62.6 Å². The van der Waals surface area contributed by atoms with E-state index in [0.717, 1.165) is 16.7 Å². The summed E-state index contributed by atoms with van der Waals surface area (Å²) in [6.07, 6.45) is 2.74. The van der Waals surface area contributed by atoms with E-state index < -0.39 is 42.4 Å². The number of rotatable bonds is 28. The molecule has 0 spiro atoms. The number of benzene rings is 1. The number of aryl methyl sites for hydroxylation is 1. The van der Waals surface area contributed by atoms with Crippen molar-refractivity contribution in [2.75, 3.05) is 78.6 Å². The first-order valence-electron chi connectivity index (χ1n) is 21.9. The largest absolute Gasteiger partial charge is 0.481 e. The van der Waals surface area contributed by atoms with Gasteiger partial charge in [-0.1, -0.05) is 12.1 Å². The lowest BCUT2D eigenvalue weighted by molar-refractivity contribution is -0.139. The Balaban J connectivity index is 1.26. The summed E-state index contributed by atoms with van der Waals surface area (Å²) in [4.78, 5) is 96.2. The van der Waals surface area contributed by atoms with E-state index in [9.17, 15) is 33.6 Å². The Labute approximate surface area is 378 Å². The highest BCUT2D eigenvalue weighted by Crippen LogP contribution is 2.22. The van der Waals surface area contributed by atoms with E-state index >= 15 is 0 Å². The van der Waals surface area contributed by atoms with Crippen molar-refractivity contribution in [3.63, 3.8) is 0 Å². The van der Waals surface area contributed by atoms with Gasteiger partial charge in [0.05, 0.1) is 39.4 Å². The van der Waals surface area contributed by atoms with Gasteiger partial charge < -0.3 is 66.0 Å². The fourth-order valence-corrected chi connectivity index (χ4v) is 7.27. The molecule has 8 N–H and O–H groups in total. The van der Waals surface area contributed by atoms with Crippen molar-refractivity contribution in [3.05, 3.63) is 59.9 Å². The number of aliphatic carboxylic acids is 1. The van der Waals surface area contributed by atoms with Gasteiger partial charge >= 0.3 is 12.1 Å². The van der Waals surface area contributed by atoms with E-state index in [1.807, 2.05) is 24.1 Å². The molecular formula is C44H64N10O11. The molecule has 21 heteroatoms. The third-order valence-corrected chi connectivity index (χ3v) is 10.7. The smallest absolute Gasteiger partial charge is 0.407 e. The topological polar surface area (TPSA) is 278 Å². The van der Waals surface area contributed by atoms with E-state index in [0.29, 0.717) is 56.7 Å². The predicted molar refractivity (Wildman–Crippen MR) is 239 cm³/mol. The minimum atomic E-state index is -0.962. The molecule has 3 aromatic rings. The molecule has 0 aliphatic carbocycles. The van der Waals surface area contributed by atoms with Gasteiger partial charge in [-0.3, -0.25) is 28.8 Å². The number of likely N-dealkylation sites (tertiary alicyclic amines) is 1. The number of ether oxygens (including phenoxy) is 3. The molecule has 0 saturated carbocycles. The molecule has 1 atom stereocenters. The Morgan fingerprint density at radius 2 is 1.66 bits per heavy atom. The SMILES string of the molecule is CNCc1cc2cccnc2n1CCC(=O)N1CCC(N(CCOCCOCCC(=O)O)C(=O)CCC(=O)NCC(=O)NC(CCCN)C(=O)Nc2ccc(COC(=O)NC)cc2)CC1. The summed E-state index contributed by atoms with van der Waals surface area (Å²) < 4.78 is 18.1. The number of fused-ring (bicyclic) bond motifs is 1. The van der Waals surface area contributed by atoms with Crippen molar-refractivity contribution in [2.24, 2.45) is 5.73 Å². The molecule has 1 aliphatic rings. The van der Waals surface area contributed by atoms with Crippen LogP contribution in [0.4, 0.5) is 10.5 Å². The summed E-state index contributed by atoms with van der Waals surface area (Å²) in [5, 5.41) is 23.3. The third kappa shape index (κ3) is 17.7. The molecule has 0 bridgehead atoms. The summed E-state index contributed by atoms with van der Waals surface area (Å²) >= 11 is 0. The molecule has 1 fully saturated rings. The van der Waals surface area contributed by atoms with Crippen molar-refractivity contribution in [1.29, 1.82) is 0 Å². The van der Waals surface area contributed by atoms with Gasteiger partial charge in [0, 0.05) is 88.0 Å². The van der Waals surface area contributed by atoms with Gasteiger partial charge in [-0.25, -0.2) is 9.78 Å². The lowest BCUT2D eigenvalue weighted by Gasteiger charge is -2.38. The first-order chi connectivity index (χ1) is 31.4. The second-order valence-electron chi connectivity index (χ2n) is 15.4. The number of aromatic nitrogens is 2. The summed E-state index contributed by atoms with van der Waals surface area (Å²) in [6, 6.07) is 11.4. The van der Waals surface area contributed by atoms with Gasteiger partial charge in [0.15, 0.2) is 0 Å². The van der Waals surface area contributed by atoms with Crippen LogP contribution in [-0.4, -0.2) is 151 Å². The quantitative estimate of drug-likeness (QED) is 0.0503. The Hall–Kier alpha value is -6.16. The number of nitrogens with zero attached hydrogens (tertiary/aromatic N) is 4. The Morgan fingerprint density at radius 1 is 0.923 bits per heavy atom. The lowest BCUT2D eigenvalue weighted by Crippen LogP contribution is -2.50. The highest BCUT2D eigenvalue weighted by Gasteiger charge is 2.30. The molecule has 1 unspecified atom stereocenters. The van der Waals surface area contributed by atoms with E-state index in [1.54, 1.807) is 35.4 Å². The first-order valence-corrected chi connectivity index (χ1v) is 21.9. The fourth-order valence-electron chi connectivity index (χ4n) is 7.27. The second kappa shape index (κ2) is 27.9. The molecule has 356 valence electrons. The van der Waals surface area contributed by atoms with Crippen LogP contribution in [0, 0.1) is 0 Å². The number of amides is 6. The number of alkyl carbamates (subject to hydrolysis) is 1. The van der Waals surface area contributed by atoms with Crippen LogP contribution in [0.5, 0.6) is 0 Å². The number of hydrogen-bond acceptors (Lipinski definition) is 13. The molecule has 4 rings (SSSR count). The van der Waals surface area contributed by atoms with E-state index in [2.05, 4.69) is 42.2 Å². The second-order valence-corrected chi connectivity index (χ2v) is 15.4. The molecule has 1 aliphatic heterocycles. The minimum absolute atomic E-state index is 0.00485. The monoisotopic (exact) mass is 908 g/mol. The number of nitrogens with one attached hydrogen (secondary N) is 5. The average molecular weight is 909 g/mol. The van der Waals surface area contributed by atoms with Crippen LogP contribution >= 0.6 is 0 Å². The zero-order chi connectivity index (χ0) is 47.0. The van der Waals surface area contributed by atoms with Gasteiger partial charge in [-0.2, -0.15) is 0 Å². The Bertz CT molecular complexity index is 2020. The standard InChI is InChI=1S/C44H64N10O11/c1-46-28-35-27-32-5-4-18-48-42(32)54(35)21-15-39(57)52-19-13-34(14-20-52)53(22-24-64-26-25-63-23-16-41(59)60)40(58)12-11-37(55)49-29-38(56)51-36(6-3-17-45)43(61)50-33-9-7-31(8-10-33)30-65-44(62)47-2/h4-5,7-10,18,27,34,36,46H,3,6,11-17,19-26,28-30,45H2,1-2H3,(H,47,62)(H,49,55)(H,50,61)(H,51,56)(H,59,60).